The lowest BCUT2D eigenvalue weighted by Crippen LogP contribution is -2.31. The van der Waals surface area contributed by atoms with Crippen molar-refractivity contribution in [1.82, 2.24) is 20.1 Å². The minimum atomic E-state index is 0.0188. The van der Waals surface area contributed by atoms with Gasteiger partial charge in [0.1, 0.15) is 5.76 Å². The summed E-state index contributed by atoms with van der Waals surface area (Å²) in [7, 11) is 0. The van der Waals surface area contributed by atoms with Gasteiger partial charge >= 0.3 is 0 Å². The van der Waals surface area contributed by atoms with E-state index in [2.05, 4.69) is 15.4 Å². The Morgan fingerprint density at radius 3 is 3.08 bits per heavy atom. The molecule has 25 heavy (non-hydrogen) atoms. The highest BCUT2D eigenvalue weighted by Gasteiger charge is 2.26. The summed E-state index contributed by atoms with van der Waals surface area (Å²) in [6, 6.07) is 9.54. The van der Waals surface area contributed by atoms with Gasteiger partial charge in [0.05, 0.1) is 24.2 Å². The fourth-order valence-electron chi connectivity index (χ4n) is 3.34. The third-order valence-electron chi connectivity index (χ3n) is 4.56. The standard InChI is InChI=1S/C19H20N4O2/c24-19(10-9-14-5-4-12-25-14)22-16-6-3-7-17-15(16)13-21-23(17)18-8-1-2-11-20-18/h1-2,4-5,8,11-13,16H,3,6-7,9-10H2,(H,22,24). The average Bonchev–Trinajstić information content (AvgIpc) is 3.31. The Labute approximate surface area is 145 Å². The number of nitrogens with one attached hydrogen (secondary N) is 1. The smallest absolute Gasteiger partial charge is 0.220 e. The second-order valence-corrected chi connectivity index (χ2v) is 6.24. The zero-order chi connectivity index (χ0) is 17.1. The number of aromatic nitrogens is 3. The van der Waals surface area contributed by atoms with Crippen molar-refractivity contribution in [2.45, 2.75) is 38.1 Å². The summed E-state index contributed by atoms with van der Waals surface area (Å²) in [4.78, 5) is 16.7. The first kappa shape index (κ1) is 15.6. The van der Waals surface area contributed by atoms with E-state index in [4.69, 9.17) is 4.42 Å². The summed E-state index contributed by atoms with van der Waals surface area (Å²) in [6.45, 7) is 0. The molecule has 1 N–H and O–H groups in total. The van der Waals surface area contributed by atoms with Crippen molar-refractivity contribution in [2.24, 2.45) is 0 Å². The number of rotatable bonds is 5. The first-order chi connectivity index (χ1) is 12.3. The SMILES string of the molecule is O=C(CCc1ccco1)NC1CCCc2c1cnn2-c1ccccn1. The van der Waals surface area contributed by atoms with Gasteiger partial charge in [-0.2, -0.15) is 5.10 Å². The van der Waals surface area contributed by atoms with Crippen LogP contribution in [0.15, 0.2) is 53.4 Å². The zero-order valence-corrected chi connectivity index (χ0v) is 13.9. The van der Waals surface area contributed by atoms with Crippen LogP contribution in [0, 0.1) is 0 Å². The van der Waals surface area contributed by atoms with Crippen LogP contribution in [-0.2, 0) is 17.6 Å². The molecule has 0 aliphatic heterocycles. The Balaban J connectivity index is 1.47. The topological polar surface area (TPSA) is 73.0 Å². The lowest BCUT2D eigenvalue weighted by molar-refractivity contribution is -0.122. The van der Waals surface area contributed by atoms with E-state index in [1.54, 1.807) is 12.5 Å². The summed E-state index contributed by atoms with van der Waals surface area (Å²) < 4.78 is 7.17. The molecule has 1 atom stereocenters. The largest absolute Gasteiger partial charge is 0.469 e. The number of furan rings is 1. The van der Waals surface area contributed by atoms with Gasteiger partial charge in [0.15, 0.2) is 5.82 Å². The van der Waals surface area contributed by atoms with Crippen LogP contribution in [0.1, 0.15) is 42.3 Å². The summed E-state index contributed by atoms with van der Waals surface area (Å²) in [5.41, 5.74) is 2.24. The van der Waals surface area contributed by atoms with E-state index in [0.717, 1.165) is 42.1 Å². The first-order valence-corrected chi connectivity index (χ1v) is 8.61. The van der Waals surface area contributed by atoms with Crippen LogP contribution in [0.4, 0.5) is 0 Å². The van der Waals surface area contributed by atoms with Crippen LogP contribution in [-0.4, -0.2) is 20.7 Å². The summed E-state index contributed by atoms with van der Waals surface area (Å²) in [5, 5.41) is 7.65. The molecule has 6 nitrogen and oxygen atoms in total. The molecule has 0 fully saturated rings. The second kappa shape index (κ2) is 6.93. The van der Waals surface area contributed by atoms with E-state index in [1.165, 1.54) is 0 Å². The van der Waals surface area contributed by atoms with E-state index >= 15 is 0 Å². The van der Waals surface area contributed by atoms with Crippen LogP contribution in [0.5, 0.6) is 0 Å². The third-order valence-corrected chi connectivity index (χ3v) is 4.56. The number of carbonyl (C=O) groups is 1. The maximum absolute atomic E-state index is 12.3. The molecule has 6 heteroatoms. The minimum absolute atomic E-state index is 0.0188. The molecule has 3 aromatic rings. The molecule has 1 unspecified atom stereocenters. The van der Waals surface area contributed by atoms with Crippen LogP contribution < -0.4 is 5.32 Å². The number of hydrogen-bond acceptors (Lipinski definition) is 4. The molecule has 3 heterocycles. The number of aryl methyl sites for hydroxylation is 1. The number of carbonyl (C=O) groups excluding carboxylic acids is 1. The molecule has 1 aliphatic rings. The van der Waals surface area contributed by atoms with Gasteiger partial charge in [0.2, 0.25) is 5.91 Å². The number of nitrogens with zero attached hydrogens (tertiary/aromatic N) is 3. The van der Waals surface area contributed by atoms with Gasteiger partial charge in [-0.05, 0) is 43.5 Å². The van der Waals surface area contributed by atoms with Gasteiger partial charge in [-0.15, -0.1) is 0 Å². The zero-order valence-electron chi connectivity index (χ0n) is 13.9. The summed E-state index contributed by atoms with van der Waals surface area (Å²) in [6.07, 6.45) is 9.21. The highest BCUT2D eigenvalue weighted by atomic mass is 16.3. The Morgan fingerprint density at radius 1 is 1.32 bits per heavy atom. The highest BCUT2D eigenvalue weighted by Crippen LogP contribution is 2.30. The van der Waals surface area contributed by atoms with Crippen molar-refractivity contribution in [3.63, 3.8) is 0 Å². The minimum Gasteiger partial charge on any atom is -0.469 e. The van der Waals surface area contributed by atoms with Crippen LogP contribution in [0.25, 0.3) is 5.82 Å². The Hall–Kier alpha value is -2.89. The van der Waals surface area contributed by atoms with Crippen molar-refractivity contribution in [2.75, 3.05) is 0 Å². The maximum Gasteiger partial charge on any atom is 0.220 e. The Kier molecular flexibility index (Phi) is 4.33. The van der Waals surface area contributed by atoms with E-state index in [9.17, 15) is 4.79 Å². The molecule has 3 aromatic heterocycles. The van der Waals surface area contributed by atoms with Crippen molar-refractivity contribution >= 4 is 5.91 Å². The number of amides is 1. The molecule has 0 saturated carbocycles. The fourth-order valence-corrected chi connectivity index (χ4v) is 3.34. The van der Waals surface area contributed by atoms with E-state index in [-0.39, 0.29) is 11.9 Å². The second-order valence-electron chi connectivity index (χ2n) is 6.24. The number of fused-ring (bicyclic) bond motifs is 1. The van der Waals surface area contributed by atoms with Crippen molar-refractivity contribution < 1.29 is 9.21 Å². The van der Waals surface area contributed by atoms with Crippen LogP contribution in [0.3, 0.4) is 0 Å². The van der Waals surface area contributed by atoms with Crippen LogP contribution in [0.2, 0.25) is 0 Å². The third kappa shape index (κ3) is 3.33. The fraction of sp³-hybridized carbons (Fsp3) is 0.316. The van der Waals surface area contributed by atoms with E-state index in [0.29, 0.717) is 12.8 Å². The lowest BCUT2D eigenvalue weighted by atomic mass is 9.92. The lowest BCUT2D eigenvalue weighted by Gasteiger charge is -2.24. The monoisotopic (exact) mass is 336 g/mol. The summed E-state index contributed by atoms with van der Waals surface area (Å²) >= 11 is 0. The molecular formula is C19H20N4O2. The normalized spacial score (nSPS) is 16.4. The van der Waals surface area contributed by atoms with Gasteiger partial charge in [-0.25, -0.2) is 9.67 Å². The van der Waals surface area contributed by atoms with Gasteiger partial charge in [-0.1, -0.05) is 6.07 Å². The van der Waals surface area contributed by atoms with Gasteiger partial charge in [0, 0.05) is 24.6 Å². The predicted molar refractivity (Wildman–Crippen MR) is 92.2 cm³/mol. The summed E-state index contributed by atoms with van der Waals surface area (Å²) in [5.74, 6) is 1.69. The van der Waals surface area contributed by atoms with E-state index in [1.807, 2.05) is 41.2 Å². The van der Waals surface area contributed by atoms with Crippen molar-refractivity contribution in [3.8, 4) is 5.82 Å². The average molecular weight is 336 g/mol. The van der Waals surface area contributed by atoms with E-state index < -0.39 is 0 Å². The quantitative estimate of drug-likeness (QED) is 0.777. The van der Waals surface area contributed by atoms with Gasteiger partial charge < -0.3 is 9.73 Å². The molecule has 0 radical (unpaired) electrons. The molecule has 0 bridgehead atoms. The molecule has 0 spiro atoms. The van der Waals surface area contributed by atoms with Crippen LogP contribution >= 0.6 is 0 Å². The Morgan fingerprint density at radius 2 is 2.28 bits per heavy atom. The molecule has 128 valence electrons. The molecule has 0 saturated heterocycles. The van der Waals surface area contributed by atoms with Crippen molar-refractivity contribution in [3.05, 3.63) is 66.0 Å². The Bertz CT molecular complexity index is 840. The molecule has 0 aromatic carbocycles. The molecular weight excluding hydrogens is 316 g/mol. The van der Waals surface area contributed by atoms with Gasteiger partial charge in [-0.3, -0.25) is 4.79 Å². The van der Waals surface area contributed by atoms with Gasteiger partial charge in [0.25, 0.3) is 0 Å². The number of pyridine rings is 1. The highest BCUT2D eigenvalue weighted by molar-refractivity contribution is 5.76. The first-order valence-electron chi connectivity index (χ1n) is 8.61. The number of hydrogen-bond donors (Lipinski definition) is 1. The molecule has 1 aliphatic carbocycles. The maximum atomic E-state index is 12.3. The van der Waals surface area contributed by atoms with Crippen molar-refractivity contribution in [1.29, 1.82) is 0 Å². The molecule has 1 amide bonds. The molecule has 4 rings (SSSR count). The predicted octanol–water partition coefficient (Wildman–Crippen LogP) is 2.99.